The van der Waals surface area contributed by atoms with Crippen molar-refractivity contribution >= 4 is 21.7 Å². The fourth-order valence-electron chi connectivity index (χ4n) is 3.05. The van der Waals surface area contributed by atoms with Gasteiger partial charge in [-0.1, -0.05) is 60.2 Å². The molecule has 0 aliphatic heterocycles. The number of aryl methyl sites for hydroxylation is 1. The highest BCUT2D eigenvalue weighted by Gasteiger charge is 2.18. The van der Waals surface area contributed by atoms with E-state index in [-0.39, 0.29) is 4.90 Å². The molecule has 8 heteroatoms. The zero-order valence-electron chi connectivity index (χ0n) is 16.6. The van der Waals surface area contributed by atoms with Crippen molar-refractivity contribution in [2.45, 2.75) is 11.8 Å². The van der Waals surface area contributed by atoms with Crippen LogP contribution in [0.15, 0.2) is 83.8 Å². The van der Waals surface area contributed by atoms with Crippen molar-refractivity contribution < 1.29 is 13.2 Å². The molecule has 0 aliphatic carbocycles. The van der Waals surface area contributed by atoms with Crippen LogP contribution >= 0.6 is 0 Å². The van der Waals surface area contributed by atoms with Gasteiger partial charge in [-0.3, -0.25) is 0 Å². The molecule has 1 amide bonds. The zero-order chi connectivity index (χ0) is 22.0. The number of anilines is 1. The maximum Gasteiger partial charge on any atom is 0.347 e. The quantitative estimate of drug-likeness (QED) is 0.508. The van der Waals surface area contributed by atoms with E-state index in [0.29, 0.717) is 22.5 Å². The van der Waals surface area contributed by atoms with Gasteiger partial charge in [0.05, 0.1) is 4.90 Å². The predicted molar refractivity (Wildman–Crippen MR) is 119 cm³/mol. The molecule has 0 unspecified atom stereocenters. The number of nitrogens with zero attached hydrogens (tertiary/aromatic N) is 2. The highest BCUT2D eigenvalue weighted by molar-refractivity contribution is 7.89. The number of hydrogen-bond acceptors (Lipinski definition) is 4. The number of nitrogens with one attached hydrogen (secondary N) is 1. The van der Waals surface area contributed by atoms with Crippen molar-refractivity contribution in [1.82, 2.24) is 9.78 Å². The van der Waals surface area contributed by atoms with Crippen LogP contribution in [0.4, 0.5) is 10.5 Å². The number of para-hydroxylation sites is 1. The number of aromatic nitrogens is 2. The molecular formula is C23H19N4O3S. The number of nitrogens with two attached hydrogens (primary N) is 1. The summed E-state index contributed by atoms with van der Waals surface area (Å²) in [6.45, 7) is 1.98. The van der Waals surface area contributed by atoms with Gasteiger partial charge in [-0.05, 0) is 36.8 Å². The third kappa shape index (κ3) is 4.55. The Morgan fingerprint density at radius 2 is 1.55 bits per heavy atom. The van der Waals surface area contributed by atoms with Gasteiger partial charge in [0.2, 0.25) is 10.0 Å². The standard InChI is InChI=1S/C23H19N4O3S/c1-16-7-9-17(10-8-16)21-15-27(23(28)25-19-5-3-2-4-6-19)26-22(21)18-11-13-20(14-12-18)31(24,29)30/h2-14H,1H3,(H,25,28)(H2,24,29,30). The average Bonchev–Trinajstić information content (AvgIpc) is 3.20. The third-order valence-corrected chi connectivity index (χ3v) is 5.60. The van der Waals surface area contributed by atoms with Crippen molar-refractivity contribution in [3.05, 3.63) is 90.6 Å². The van der Waals surface area contributed by atoms with Crippen LogP contribution in [0.1, 0.15) is 5.56 Å². The van der Waals surface area contributed by atoms with Gasteiger partial charge >= 0.3 is 6.03 Å². The van der Waals surface area contributed by atoms with E-state index in [1.165, 1.54) is 12.1 Å². The molecule has 1 aromatic heterocycles. The average molecular weight is 431 g/mol. The first-order valence-corrected chi connectivity index (χ1v) is 10.9. The highest BCUT2D eigenvalue weighted by Crippen LogP contribution is 2.31. The van der Waals surface area contributed by atoms with Crippen LogP contribution in [-0.4, -0.2) is 24.2 Å². The third-order valence-electron chi connectivity index (χ3n) is 4.67. The molecule has 0 saturated heterocycles. The fourth-order valence-corrected chi connectivity index (χ4v) is 3.57. The first-order chi connectivity index (χ1) is 14.8. The lowest BCUT2D eigenvalue weighted by Crippen LogP contribution is -2.20. The molecule has 0 bridgehead atoms. The van der Waals surface area contributed by atoms with E-state index in [9.17, 15) is 13.2 Å². The second kappa shape index (κ2) is 8.17. The van der Waals surface area contributed by atoms with E-state index in [1.54, 1.807) is 24.3 Å². The minimum Gasteiger partial charge on any atom is -0.306 e. The molecule has 3 aromatic carbocycles. The van der Waals surface area contributed by atoms with E-state index in [0.717, 1.165) is 15.8 Å². The van der Waals surface area contributed by atoms with Crippen LogP contribution in [0.5, 0.6) is 0 Å². The molecule has 0 aliphatic rings. The Kier molecular flexibility index (Phi) is 5.41. The van der Waals surface area contributed by atoms with E-state index in [2.05, 4.69) is 16.6 Å². The fraction of sp³-hybridized carbons (Fsp3) is 0.0435. The molecule has 0 spiro atoms. The SMILES string of the molecule is Cc1ccc(-c2[c]n(C(=O)Nc3ccccc3)nc2-c2ccc(S(N)(=O)=O)cc2)cc1. The van der Waals surface area contributed by atoms with Gasteiger partial charge in [0.25, 0.3) is 0 Å². The molecule has 7 nitrogen and oxygen atoms in total. The van der Waals surface area contributed by atoms with E-state index in [1.807, 2.05) is 49.4 Å². The van der Waals surface area contributed by atoms with Crippen LogP contribution < -0.4 is 10.5 Å². The number of benzene rings is 3. The zero-order valence-corrected chi connectivity index (χ0v) is 17.4. The Morgan fingerprint density at radius 1 is 0.935 bits per heavy atom. The van der Waals surface area contributed by atoms with Crippen LogP contribution in [0, 0.1) is 13.1 Å². The predicted octanol–water partition coefficient (Wildman–Crippen LogP) is 4.05. The summed E-state index contributed by atoms with van der Waals surface area (Å²) < 4.78 is 24.3. The number of carbonyl (C=O) groups excluding carboxylic acids is 1. The smallest absolute Gasteiger partial charge is 0.306 e. The molecule has 4 rings (SSSR count). The second-order valence-corrected chi connectivity index (χ2v) is 8.54. The highest BCUT2D eigenvalue weighted by atomic mass is 32.2. The number of rotatable bonds is 4. The van der Waals surface area contributed by atoms with Crippen LogP contribution in [0.25, 0.3) is 22.4 Å². The lowest BCUT2D eigenvalue weighted by atomic mass is 10.0. The summed E-state index contributed by atoms with van der Waals surface area (Å²) >= 11 is 0. The van der Waals surface area contributed by atoms with Gasteiger partial charge in [0.15, 0.2) is 0 Å². The maximum atomic E-state index is 12.7. The first kappa shape index (κ1) is 20.5. The molecule has 31 heavy (non-hydrogen) atoms. The Hall–Kier alpha value is -3.75. The molecule has 3 N–H and O–H groups in total. The number of primary sulfonamides is 1. The molecule has 0 saturated carbocycles. The summed E-state index contributed by atoms with van der Waals surface area (Å²) in [5, 5.41) is 12.4. The molecule has 0 fully saturated rings. The number of carbonyl (C=O) groups is 1. The summed E-state index contributed by atoms with van der Waals surface area (Å²) in [4.78, 5) is 12.7. The monoisotopic (exact) mass is 431 g/mol. The van der Waals surface area contributed by atoms with Crippen molar-refractivity contribution in [2.24, 2.45) is 5.14 Å². The molecule has 155 valence electrons. The van der Waals surface area contributed by atoms with E-state index >= 15 is 0 Å². The Balaban J connectivity index is 1.77. The van der Waals surface area contributed by atoms with Gasteiger partial charge in [-0.2, -0.15) is 9.78 Å². The number of amides is 1. The van der Waals surface area contributed by atoms with Crippen molar-refractivity contribution in [3.63, 3.8) is 0 Å². The van der Waals surface area contributed by atoms with Gasteiger partial charge in [-0.15, -0.1) is 0 Å². The summed E-state index contributed by atoms with van der Waals surface area (Å²) in [7, 11) is -3.81. The van der Waals surface area contributed by atoms with Gasteiger partial charge in [-0.25, -0.2) is 18.4 Å². The second-order valence-electron chi connectivity index (χ2n) is 6.98. The Morgan fingerprint density at radius 3 is 2.16 bits per heavy atom. The molecule has 1 radical (unpaired) electrons. The minimum absolute atomic E-state index is 0.00151. The number of sulfonamides is 1. The first-order valence-electron chi connectivity index (χ1n) is 9.40. The largest absolute Gasteiger partial charge is 0.347 e. The Bertz CT molecular complexity index is 1330. The van der Waals surface area contributed by atoms with E-state index in [4.69, 9.17) is 5.14 Å². The van der Waals surface area contributed by atoms with Crippen LogP contribution in [0.3, 0.4) is 0 Å². The van der Waals surface area contributed by atoms with Gasteiger partial charge < -0.3 is 5.32 Å². The summed E-state index contributed by atoms with van der Waals surface area (Å²) in [5.74, 6) is 0. The van der Waals surface area contributed by atoms with Crippen molar-refractivity contribution in [1.29, 1.82) is 0 Å². The molecule has 1 heterocycles. The Labute approximate surface area is 180 Å². The topological polar surface area (TPSA) is 107 Å². The molecule has 0 atom stereocenters. The van der Waals surface area contributed by atoms with Gasteiger partial charge in [0.1, 0.15) is 11.9 Å². The normalized spacial score (nSPS) is 11.3. The lowest BCUT2D eigenvalue weighted by molar-refractivity contribution is 0.251. The van der Waals surface area contributed by atoms with Crippen molar-refractivity contribution in [2.75, 3.05) is 5.32 Å². The van der Waals surface area contributed by atoms with Gasteiger partial charge in [0, 0.05) is 16.8 Å². The van der Waals surface area contributed by atoms with E-state index < -0.39 is 16.1 Å². The molecular weight excluding hydrogens is 412 g/mol. The van der Waals surface area contributed by atoms with Crippen LogP contribution in [-0.2, 0) is 10.0 Å². The summed E-state index contributed by atoms with van der Waals surface area (Å²) in [6, 6.07) is 22.4. The molecule has 4 aromatic rings. The maximum absolute atomic E-state index is 12.7. The summed E-state index contributed by atoms with van der Waals surface area (Å²) in [5.41, 5.74) is 4.30. The lowest BCUT2D eigenvalue weighted by Gasteiger charge is -2.04. The summed E-state index contributed by atoms with van der Waals surface area (Å²) in [6.07, 6.45) is 3.03. The van der Waals surface area contributed by atoms with Crippen LogP contribution in [0.2, 0.25) is 0 Å². The number of hydrogen-bond donors (Lipinski definition) is 2. The van der Waals surface area contributed by atoms with Crippen molar-refractivity contribution in [3.8, 4) is 22.4 Å². The minimum atomic E-state index is -3.81.